The van der Waals surface area contributed by atoms with E-state index in [9.17, 15) is 0 Å². The maximum absolute atomic E-state index is 6.25. The summed E-state index contributed by atoms with van der Waals surface area (Å²) in [6.45, 7) is 6.55. The number of hydrogen-bond donors (Lipinski definition) is 0. The lowest BCUT2D eigenvalue weighted by molar-refractivity contribution is -0.429. The quantitative estimate of drug-likeness (QED) is 0.778. The number of alkyl halides is 1. The maximum atomic E-state index is 6.25. The van der Waals surface area contributed by atoms with Crippen LogP contribution in [0.5, 0.6) is 0 Å². The second kappa shape index (κ2) is 5.94. The summed E-state index contributed by atoms with van der Waals surface area (Å²) in [5, 5.41) is 0. The SMILES string of the molecule is CC(C)(C)C12OC3O[C@H](CCl)[C@@H](O1)[C@H](OCc1ccccc1)[C@H]3O2. The van der Waals surface area contributed by atoms with Crippen molar-refractivity contribution in [2.45, 2.75) is 64.1 Å². The highest BCUT2D eigenvalue weighted by Crippen LogP contribution is 2.53. The molecule has 3 saturated heterocycles. The lowest BCUT2D eigenvalue weighted by atomic mass is 9.91. The summed E-state index contributed by atoms with van der Waals surface area (Å²) in [5.74, 6) is -0.789. The van der Waals surface area contributed by atoms with Gasteiger partial charge in [-0.25, -0.2) is 0 Å². The van der Waals surface area contributed by atoms with Crippen LogP contribution in [0.2, 0.25) is 0 Å². The number of halogens is 1. The Morgan fingerprint density at radius 3 is 2.46 bits per heavy atom. The fraction of sp³-hybridized carbons (Fsp3) is 0.667. The molecule has 5 nitrogen and oxygen atoms in total. The van der Waals surface area contributed by atoms with E-state index in [2.05, 4.69) is 0 Å². The van der Waals surface area contributed by atoms with E-state index in [4.69, 9.17) is 35.3 Å². The van der Waals surface area contributed by atoms with Gasteiger partial charge in [-0.2, -0.15) is 0 Å². The van der Waals surface area contributed by atoms with Gasteiger partial charge in [0.2, 0.25) is 0 Å². The molecule has 0 saturated carbocycles. The highest BCUT2D eigenvalue weighted by atomic mass is 35.5. The fourth-order valence-corrected chi connectivity index (χ4v) is 3.69. The minimum Gasteiger partial charge on any atom is -0.368 e. The Balaban J connectivity index is 1.57. The lowest BCUT2D eigenvalue weighted by Crippen LogP contribution is -2.64. The predicted molar refractivity (Wildman–Crippen MR) is 87.4 cm³/mol. The van der Waals surface area contributed by atoms with Crippen LogP contribution in [0.4, 0.5) is 0 Å². The molecule has 0 amide bonds. The Kier molecular flexibility index (Phi) is 4.15. The highest BCUT2D eigenvalue weighted by Gasteiger charge is 2.69. The average Bonchev–Trinajstić information content (AvgIpc) is 2.77. The van der Waals surface area contributed by atoms with Crippen LogP contribution >= 0.6 is 11.6 Å². The molecule has 3 bridgehead atoms. The van der Waals surface area contributed by atoms with E-state index in [-0.39, 0.29) is 29.8 Å². The van der Waals surface area contributed by atoms with Crippen molar-refractivity contribution in [1.82, 2.24) is 0 Å². The Morgan fingerprint density at radius 2 is 1.79 bits per heavy atom. The van der Waals surface area contributed by atoms with Gasteiger partial charge in [0.05, 0.1) is 12.5 Å². The first-order valence-electron chi connectivity index (χ1n) is 8.34. The van der Waals surface area contributed by atoms with Crippen molar-refractivity contribution in [3.05, 3.63) is 35.9 Å². The molecule has 6 atom stereocenters. The molecule has 3 fully saturated rings. The molecule has 0 spiro atoms. The summed E-state index contributed by atoms with van der Waals surface area (Å²) in [6.07, 6.45) is -1.70. The van der Waals surface area contributed by atoms with Crippen molar-refractivity contribution in [2.24, 2.45) is 5.41 Å². The summed E-state index contributed by atoms with van der Waals surface area (Å²) < 4.78 is 30.5. The molecular formula is C18H23ClO5. The van der Waals surface area contributed by atoms with Crippen LogP contribution in [0.25, 0.3) is 0 Å². The summed E-state index contributed by atoms with van der Waals surface area (Å²) >= 11 is 6.09. The summed E-state index contributed by atoms with van der Waals surface area (Å²) in [4.78, 5) is 0. The molecule has 3 aliphatic rings. The second-order valence-corrected chi connectivity index (χ2v) is 7.86. The molecule has 0 N–H and O–H groups in total. The maximum Gasteiger partial charge on any atom is 0.291 e. The molecule has 3 aliphatic heterocycles. The van der Waals surface area contributed by atoms with Crippen LogP contribution in [0, 0.1) is 5.41 Å². The monoisotopic (exact) mass is 354 g/mol. The predicted octanol–water partition coefficient (Wildman–Crippen LogP) is 3.05. The minimum absolute atomic E-state index is 0.273. The Morgan fingerprint density at radius 1 is 1.08 bits per heavy atom. The van der Waals surface area contributed by atoms with Gasteiger partial charge < -0.3 is 18.9 Å². The number of rotatable bonds is 4. The van der Waals surface area contributed by atoms with E-state index in [1.165, 1.54) is 0 Å². The van der Waals surface area contributed by atoms with Crippen LogP contribution in [-0.2, 0) is 30.3 Å². The standard InChI is InChI=1S/C18H23ClO5/c1-17(2,3)18-22-13-12(9-19)21-16(24-18)15(23-18)14(13)20-10-11-7-5-4-6-8-11/h4-8,12-16H,9-10H2,1-3H3/t12-,13-,14+,15-,16?,18?/m1/s1. The van der Waals surface area contributed by atoms with Crippen molar-refractivity contribution >= 4 is 11.6 Å². The van der Waals surface area contributed by atoms with Gasteiger partial charge in [0.15, 0.2) is 6.29 Å². The van der Waals surface area contributed by atoms with Gasteiger partial charge >= 0.3 is 0 Å². The van der Waals surface area contributed by atoms with Crippen LogP contribution in [0.3, 0.4) is 0 Å². The zero-order valence-corrected chi connectivity index (χ0v) is 14.9. The molecule has 3 heterocycles. The van der Waals surface area contributed by atoms with Crippen LogP contribution in [-0.4, -0.2) is 42.6 Å². The molecule has 24 heavy (non-hydrogen) atoms. The first-order chi connectivity index (χ1) is 11.4. The van der Waals surface area contributed by atoms with Crippen molar-refractivity contribution < 1.29 is 23.7 Å². The van der Waals surface area contributed by atoms with E-state index in [1.807, 2.05) is 51.1 Å². The van der Waals surface area contributed by atoms with E-state index in [0.29, 0.717) is 12.5 Å². The highest BCUT2D eigenvalue weighted by molar-refractivity contribution is 6.18. The first-order valence-corrected chi connectivity index (χ1v) is 8.87. The van der Waals surface area contributed by atoms with E-state index in [1.54, 1.807) is 0 Å². The van der Waals surface area contributed by atoms with Gasteiger partial charge in [-0.15, -0.1) is 11.6 Å². The molecule has 6 heteroatoms. The van der Waals surface area contributed by atoms with Gasteiger partial charge in [-0.05, 0) is 5.56 Å². The molecule has 4 rings (SSSR count). The van der Waals surface area contributed by atoms with Gasteiger partial charge in [0, 0.05) is 5.41 Å². The van der Waals surface area contributed by atoms with Gasteiger partial charge in [0.1, 0.15) is 24.4 Å². The van der Waals surface area contributed by atoms with Crippen LogP contribution in [0.15, 0.2) is 30.3 Å². The fourth-order valence-electron chi connectivity index (χ4n) is 3.45. The first kappa shape index (κ1) is 16.8. The molecule has 0 aromatic heterocycles. The van der Waals surface area contributed by atoms with Crippen molar-refractivity contribution in [3.63, 3.8) is 0 Å². The molecule has 1 aromatic rings. The van der Waals surface area contributed by atoms with Gasteiger partial charge in [-0.3, -0.25) is 4.74 Å². The smallest absolute Gasteiger partial charge is 0.291 e. The molecular weight excluding hydrogens is 332 g/mol. The van der Waals surface area contributed by atoms with Crippen molar-refractivity contribution in [1.29, 1.82) is 0 Å². The van der Waals surface area contributed by atoms with Crippen molar-refractivity contribution in [2.75, 3.05) is 5.88 Å². The third-order valence-electron chi connectivity index (χ3n) is 4.80. The average molecular weight is 355 g/mol. The Hall–Kier alpha value is -0.690. The summed E-state index contributed by atoms with van der Waals surface area (Å²) in [5.41, 5.74) is 0.746. The number of ether oxygens (including phenoxy) is 5. The largest absolute Gasteiger partial charge is 0.368 e. The zero-order valence-electron chi connectivity index (χ0n) is 14.1. The number of benzene rings is 1. The Labute approximate surface area is 147 Å². The molecule has 1 aromatic carbocycles. The third kappa shape index (κ3) is 2.59. The third-order valence-corrected chi connectivity index (χ3v) is 5.11. The number of hydrogen-bond acceptors (Lipinski definition) is 5. The van der Waals surface area contributed by atoms with E-state index < -0.39 is 12.3 Å². The van der Waals surface area contributed by atoms with Gasteiger partial charge in [-0.1, -0.05) is 51.1 Å². The normalized spacial score (nSPS) is 40.9. The van der Waals surface area contributed by atoms with E-state index >= 15 is 0 Å². The molecule has 132 valence electrons. The second-order valence-electron chi connectivity index (χ2n) is 7.55. The molecule has 0 radical (unpaired) electrons. The lowest BCUT2D eigenvalue weighted by Gasteiger charge is -2.48. The number of fused-ring (bicyclic) bond motifs is 2. The van der Waals surface area contributed by atoms with Crippen LogP contribution < -0.4 is 0 Å². The van der Waals surface area contributed by atoms with Gasteiger partial charge in [0.25, 0.3) is 5.97 Å². The molecule has 2 unspecified atom stereocenters. The van der Waals surface area contributed by atoms with E-state index in [0.717, 1.165) is 5.56 Å². The summed E-state index contributed by atoms with van der Waals surface area (Å²) in [6, 6.07) is 10.0. The minimum atomic E-state index is -1.11. The van der Waals surface area contributed by atoms with Crippen molar-refractivity contribution in [3.8, 4) is 0 Å². The molecule has 0 aliphatic carbocycles. The van der Waals surface area contributed by atoms with Crippen LogP contribution in [0.1, 0.15) is 26.3 Å². The zero-order chi connectivity index (χ0) is 16.9. The Bertz CT molecular complexity index is 589. The topological polar surface area (TPSA) is 46.2 Å². The summed E-state index contributed by atoms with van der Waals surface area (Å²) in [7, 11) is 0.